The van der Waals surface area contributed by atoms with Crippen LogP contribution in [0.1, 0.15) is 88.0 Å². The molecule has 0 aliphatic rings. The van der Waals surface area contributed by atoms with E-state index in [2.05, 4.69) is 81.5 Å². The van der Waals surface area contributed by atoms with Gasteiger partial charge in [-0.25, -0.2) is 0 Å². The molecule has 30 heavy (non-hydrogen) atoms. The van der Waals surface area contributed by atoms with E-state index in [9.17, 15) is 5.11 Å². The van der Waals surface area contributed by atoms with Crippen LogP contribution < -0.4 is 0 Å². The molecule has 1 nitrogen and oxygen atoms in total. The topological polar surface area (TPSA) is 20.2 Å². The van der Waals surface area contributed by atoms with Crippen molar-refractivity contribution >= 4 is 12.2 Å². The van der Waals surface area contributed by atoms with Crippen LogP contribution in [0, 0.1) is 0 Å². The molecule has 0 bridgehead atoms. The highest BCUT2D eigenvalue weighted by molar-refractivity contribution is 5.58. The van der Waals surface area contributed by atoms with Crippen molar-refractivity contribution in [2.75, 3.05) is 6.61 Å². The molecule has 0 saturated heterocycles. The highest BCUT2D eigenvalue weighted by Crippen LogP contribution is 2.24. The van der Waals surface area contributed by atoms with E-state index in [1.165, 1.54) is 46.2 Å². The van der Waals surface area contributed by atoms with Crippen LogP contribution >= 0.6 is 0 Å². The van der Waals surface area contributed by atoms with Gasteiger partial charge < -0.3 is 5.11 Å². The summed E-state index contributed by atoms with van der Waals surface area (Å²) in [4.78, 5) is 0. The van der Waals surface area contributed by atoms with Gasteiger partial charge in [0.1, 0.15) is 0 Å². The van der Waals surface area contributed by atoms with E-state index in [0.29, 0.717) is 0 Å². The van der Waals surface area contributed by atoms with Gasteiger partial charge in [0.25, 0.3) is 0 Å². The molecule has 2 rings (SSSR count). The van der Waals surface area contributed by atoms with Crippen LogP contribution in [0.4, 0.5) is 0 Å². The number of aliphatic hydroxyl groups is 1. The molecule has 0 saturated carbocycles. The van der Waals surface area contributed by atoms with Crippen molar-refractivity contribution in [2.45, 2.75) is 78.6 Å². The first-order valence-electron chi connectivity index (χ1n) is 11.9. The molecule has 1 N–H and O–H groups in total. The molecule has 2 aromatic rings. The predicted molar refractivity (Wildman–Crippen MR) is 133 cm³/mol. The van der Waals surface area contributed by atoms with E-state index in [1.54, 1.807) is 0 Å². The second kappa shape index (κ2) is 14.0. The third-order valence-electron chi connectivity index (χ3n) is 5.59. The van der Waals surface area contributed by atoms with Crippen LogP contribution in [0.25, 0.3) is 12.2 Å². The van der Waals surface area contributed by atoms with E-state index in [4.69, 9.17) is 0 Å². The molecule has 0 unspecified atom stereocenters. The number of allylic oxidation sites excluding steroid dienone is 2. The molecule has 0 radical (unpaired) electrons. The SMILES string of the molecule is CCCc1ccc(C=C(CC)CC(=Cc2ccc(CCC)cc2)CCCCO)cc1. The zero-order chi connectivity index (χ0) is 21.6. The Labute approximate surface area is 184 Å². The molecule has 0 aliphatic carbocycles. The van der Waals surface area contributed by atoms with Crippen molar-refractivity contribution in [2.24, 2.45) is 0 Å². The van der Waals surface area contributed by atoms with Crippen molar-refractivity contribution in [1.29, 1.82) is 0 Å². The molecule has 0 aromatic heterocycles. The monoisotopic (exact) mass is 404 g/mol. The zero-order valence-electron chi connectivity index (χ0n) is 19.3. The minimum atomic E-state index is 0.277. The maximum absolute atomic E-state index is 9.20. The Kier molecular flexibility index (Phi) is 11.3. The van der Waals surface area contributed by atoms with Crippen LogP contribution in [0.15, 0.2) is 59.7 Å². The van der Waals surface area contributed by atoms with Gasteiger partial charge in [-0.1, -0.05) is 105 Å². The maximum Gasteiger partial charge on any atom is 0.0431 e. The molecule has 0 aliphatic heterocycles. The van der Waals surface area contributed by atoms with E-state index in [0.717, 1.165) is 44.9 Å². The van der Waals surface area contributed by atoms with Gasteiger partial charge in [0.05, 0.1) is 0 Å². The normalized spacial score (nSPS) is 12.4. The van der Waals surface area contributed by atoms with Crippen molar-refractivity contribution in [3.05, 3.63) is 81.9 Å². The number of unbranched alkanes of at least 4 members (excludes halogenated alkanes) is 1. The molecular weight excluding hydrogens is 364 g/mol. The zero-order valence-corrected chi connectivity index (χ0v) is 19.3. The van der Waals surface area contributed by atoms with Crippen molar-refractivity contribution in [3.8, 4) is 0 Å². The Morgan fingerprint density at radius 1 is 0.700 bits per heavy atom. The summed E-state index contributed by atoms with van der Waals surface area (Å²) in [6.45, 7) is 6.98. The fourth-order valence-corrected chi connectivity index (χ4v) is 3.86. The third-order valence-corrected chi connectivity index (χ3v) is 5.59. The Hall–Kier alpha value is -2.12. The first-order valence-corrected chi connectivity index (χ1v) is 11.9. The summed E-state index contributed by atoms with van der Waals surface area (Å²) >= 11 is 0. The molecule has 1 heteroatoms. The van der Waals surface area contributed by atoms with Crippen LogP contribution in [0.3, 0.4) is 0 Å². The third kappa shape index (κ3) is 8.71. The van der Waals surface area contributed by atoms with E-state index < -0.39 is 0 Å². The number of hydrogen-bond acceptors (Lipinski definition) is 1. The predicted octanol–water partition coefficient (Wildman–Crippen LogP) is 8.02. The van der Waals surface area contributed by atoms with Gasteiger partial charge in [0.2, 0.25) is 0 Å². The summed E-state index contributed by atoms with van der Waals surface area (Å²) in [7, 11) is 0. The van der Waals surface area contributed by atoms with Crippen molar-refractivity contribution < 1.29 is 5.11 Å². The number of benzene rings is 2. The molecule has 2 aromatic carbocycles. The minimum Gasteiger partial charge on any atom is -0.396 e. The molecule has 0 amide bonds. The van der Waals surface area contributed by atoms with Crippen molar-refractivity contribution in [1.82, 2.24) is 0 Å². The van der Waals surface area contributed by atoms with Gasteiger partial charge >= 0.3 is 0 Å². The second-order valence-corrected chi connectivity index (χ2v) is 8.30. The standard InChI is InChI=1S/C29H40O/c1-4-9-25-12-16-27(17-13-25)21-24(6-3)22-29(11-7-8-20-30)23-28-18-14-26(10-5-2)15-19-28/h12-19,21,23,30H,4-11,20,22H2,1-3H3. The highest BCUT2D eigenvalue weighted by Gasteiger charge is 2.04. The van der Waals surface area contributed by atoms with Crippen LogP contribution in [-0.4, -0.2) is 11.7 Å². The van der Waals surface area contributed by atoms with E-state index >= 15 is 0 Å². The summed E-state index contributed by atoms with van der Waals surface area (Å²) in [6.07, 6.45) is 14.4. The summed E-state index contributed by atoms with van der Waals surface area (Å²) in [5.41, 5.74) is 8.35. The largest absolute Gasteiger partial charge is 0.396 e. The first kappa shape index (κ1) is 24.2. The summed E-state index contributed by atoms with van der Waals surface area (Å²) in [5.74, 6) is 0. The van der Waals surface area contributed by atoms with Crippen LogP contribution in [0.5, 0.6) is 0 Å². The Morgan fingerprint density at radius 2 is 1.20 bits per heavy atom. The van der Waals surface area contributed by atoms with Crippen molar-refractivity contribution in [3.63, 3.8) is 0 Å². The Bertz CT molecular complexity index is 778. The van der Waals surface area contributed by atoms with E-state index in [1.807, 2.05) is 0 Å². The fourth-order valence-electron chi connectivity index (χ4n) is 3.86. The Balaban J connectivity index is 2.17. The van der Waals surface area contributed by atoms with Gasteiger partial charge in [-0.15, -0.1) is 0 Å². The van der Waals surface area contributed by atoms with Gasteiger partial charge in [-0.3, -0.25) is 0 Å². The summed E-state index contributed by atoms with van der Waals surface area (Å²) in [6, 6.07) is 18.0. The molecule has 0 spiro atoms. The smallest absolute Gasteiger partial charge is 0.0431 e. The molecule has 162 valence electrons. The lowest BCUT2D eigenvalue weighted by Crippen LogP contribution is -1.92. The molecule has 0 heterocycles. The lowest BCUT2D eigenvalue weighted by atomic mass is 9.94. The molecule has 0 fully saturated rings. The maximum atomic E-state index is 9.20. The Morgan fingerprint density at radius 3 is 1.63 bits per heavy atom. The second-order valence-electron chi connectivity index (χ2n) is 8.30. The lowest BCUT2D eigenvalue weighted by Gasteiger charge is -2.11. The molecular formula is C29H40O. The number of aliphatic hydroxyl groups excluding tert-OH is 1. The highest BCUT2D eigenvalue weighted by atomic mass is 16.2. The minimum absolute atomic E-state index is 0.277. The number of rotatable bonds is 13. The van der Waals surface area contributed by atoms with Crippen LogP contribution in [-0.2, 0) is 12.8 Å². The number of hydrogen-bond donors (Lipinski definition) is 1. The van der Waals surface area contributed by atoms with Gasteiger partial charge in [0.15, 0.2) is 0 Å². The quantitative estimate of drug-likeness (QED) is 0.335. The van der Waals surface area contributed by atoms with E-state index in [-0.39, 0.29) is 6.61 Å². The van der Waals surface area contributed by atoms with Crippen LogP contribution in [0.2, 0.25) is 0 Å². The average molecular weight is 405 g/mol. The fraction of sp³-hybridized carbons (Fsp3) is 0.448. The lowest BCUT2D eigenvalue weighted by molar-refractivity contribution is 0.284. The number of aryl methyl sites for hydroxylation is 2. The first-order chi connectivity index (χ1) is 14.7. The average Bonchev–Trinajstić information content (AvgIpc) is 2.76. The van der Waals surface area contributed by atoms with Gasteiger partial charge in [-0.2, -0.15) is 0 Å². The van der Waals surface area contributed by atoms with Gasteiger partial charge in [0, 0.05) is 6.61 Å². The summed E-state index contributed by atoms with van der Waals surface area (Å²) < 4.78 is 0. The molecule has 0 atom stereocenters. The summed E-state index contributed by atoms with van der Waals surface area (Å²) in [5, 5.41) is 9.20. The van der Waals surface area contributed by atoms with Gasteiger partial charge in [-0.05, 0) is 67.2 Å².